The Kier molecular flexibility index (Phi) is 2.84. The van der Waals surface area contributed by atoms with Crippen LogP contribution < -0.4 is 5.32 Å². The molecule has 2 aliphatic rings. The first kappa shape index (κ1) is 12.1. The summed E-state index contributed by atoms with van der Waals surface area (Å²) in [6.07, 6.45) is 6.77. The molecule has 0 amide bonds. The predicted octanol–water partition coefficient (Wildman–Crippen LogP) is 1.47. The lowest BCUT2D eigenvalue weighted by atomic mass is 10.0. The quantitative estimate of drug-likeness (QED) is 0.917. The van der Waals surface area contributed by atoms with E-state index in [4.69, 9.17) is 0 Å². The van der Waals surface area contributed by atoms with Gasteiger partial charge in [0.05, 0.1) is 0 Å². The highest BCUT2D eigenvalue weighted by molar-refractivity contribution is 5.45. The van der Waals surface area contributed by atoms with E-state index in [1.807, 2.05) is 6.92 Å². The Morgan fingerprint density at radius 3 is 2.75 bits per heavy atom. The summed E-state index contributed by atoms with van der Waals surface area (Å²) >= 11 is 0. The SMILES string of the molecule is Cc1cc(NC2CCN(C3CC3)CC2)n2ncnc2n1. The molecule has 1 N–H and O–H groups in total. The molecule has 106 valence electrons. The first-order chi connectivity index (χ1) is 9.79. The monoisotopic (exact) mass is 272 g/mol. The molecule has 4 rings (SSSR count). The van der Waals surface area contributed by atoms with Gasteiger partial charge in [-0.3, -0.25) is 0 Å². The lowest BCUT2D eigenvalue weighted by molar-refractivity contribution is 0.210. The summed E-state index contributed by atoms with van der Waals surface area (Å²) in [5.41, 5.74) is 0.975. The second kappa shape index (κ2) is 4.70. The summed E-state index contributed by atoms with van der Waals surface area (Å²) in [6, 6.07) is 3.47. The third kappa shape index (κ3) is 2.24. The molecule has 20 heavy (non-hydrogen) atoms. The number of anilines is 1. The van der Waals surface area contributed by atoms with Crippen LogP contribution in [-0.4, -0.2) is 49.7 Å². The minimum Gasteiger partial charge on any atom is -0.367 e. The summed E-state index contributed by atoms with van der Waals surface area (Å²) in [7, 11) is 0. The van der Waals surface area contributed by atoms with Crippen LogP contribution in [-0.2, 0) is 0 Å². The Bertz CT molecular complexity index is 609. The zero-order valence-electron chi connectivity index (χ0n) is 11.8. The fourth-order valence-electron chi connectivity index (χ4n) is 3.09. The van der Waals surface area contributed by atoms with Gasteiger partial charge >= 0.3 is 0 Å². The van der Waals surface area contributed by atoms with Crippen LogP contribution in [0.5, 0.6) is 0 Å². The number of aryl methyl sites for hydroxylation is 1. The van der Waals surface area contributed by atoms with Crippen molar-refractivity contribution in [2.75, 3.05) is 18.4 Å². The van der Waals surface area contributed by atoms with Gasteiger partial charge in [0.2, 0.25) is 0 Å². The van der Waals surface area contributed by atoms with Gasteiger partial charge in [0, 0.05) is 36.9 Å². The Hall–Kier alpha value is -1.69. The van der Waals surface area contributed by atoms with E-state index in [1.165, 1.54) is 38.8 Å². The third-order valence-corrected chi connectivity index (χ3v) is 4.32. The third-order valence-electron chi connectivity index (χ3n) is 4.32. The molecule has 0 spiro atoms. The maximum absolute atomic E-state index is 4.37. The molecule has 1 aliphatic carbocycles. The van der Waals surface area contributed by atoms with Crippen molar-refractivity contribution in [3.8, 4) is 0 Å². The van der Waals surface area contributed by atoms with Crippen molar-refractivity contribution in [1.82, 2.24) is 24.5 Å². The molecule has 2 fully saturated rings. The van der Waals surface area contributed by atoms with E-state index in [0.717, 1.165) is 17.6 Å². The highest BCUT2D eigenvalue weighted by Crippen LogP contribution is 2.29. The molecule has 2 aromatic rings. The highest BCUT2D eigenvalue weighted by atomic mass is 15.4. The van der Waals surface area contributed by atoms with E-state index in [0.29, 0.717) is 11.8 Å². The molecule has 2 aromatic heterocycles. The number of likely N-dealkylation sites (tertiary alicyclic amines) is 1. The van der Waals surface area contributed by atoms with Crippen LogP contribution in [0.3, 0.4) is 0 Å². The van der Waals surface area contributed by atoms with E-state index in [1.54, 1.807) is 10.8 Å². The fraction of sp³-hybridized carbons (Fsp3) is 0.643. The summed E-state index contributed by atoms with van der Waals surface area (Å²) in [5, 5.41) is 7.87. The Labute approximate surface area is 118 Å². The van der Waals surface area contributed by atoms with Crippen LogP contribution in [0.15, 0.2) is 12.4 Å². The van der Waals surface area contributed by atoms with Gasteiger partial charge in [0.1, 0.15) is 12.1 Å². The summed E-state index contributed by atoms with van der Waals surface area (Å²) in [5.74, 6) is 1.68. The van der Waals surface area contributed by atoms with Gasteiger partial charge in [-0.25, -0.2) is 4.98 Å². The lowest BCUT2D eigenvalue weighted by Crippen LogP contribution is -2.40. The number of piperidine rings is 1. The van der Waals surface area contributed by atoms with Crippen LogP contribution in [0, 0.1) is 6.92 Å². The normalized spacial score (nSPS) is 21.4. The van der Waals surface area contributed by atoms with Gasteiger partial charge in [-0.05, 0) is 32.6 Å². The van der Waals surface area contributed by atoms with Gasteiger partial charge in [-0.1, -0.05) is 0 Å². The molecule has 3 heterocycles. The van der Waals surface area contributed by atoms with Crippen molar-refractivity contribution in [3.05, 3.63) is 18.1 Å². The predicted molar refractivity (Wildman–Crippen MR) is 76.8 cm³/mol. The number of rotatable bonds is 3. The van der Waals surface area contributed by atoms with Crippen LogP contribution in [0.25, 0.3) is 5.78 Å². The van der Waals surface area contributed by atoms with E-state index in [-0.39, 0.29) is 0 Å². The molecule has 0 radical (unpaired) electrons. The molecule has 1 saturated heterocycles. The molecule has 1 aliphatic heterocycles. The fourth-order valence-corrected chi connectivity index (χ4v) is 3.09. The van der Waals surface area contributed by atoms with Gasteiger partial charge in [-0.2, -0.15) is 14.6 Å². The molecule has 1 saturated carbocycles. The minimum absolute atomic E-state index is 0.527. The first-order valence-corrected chi connectivity index (χ1v) is 7.47. The van der Waals surface area contributed by atoms with E-state index in [9.17, 15) is 0 Å². The van der Waals surface area contributed by atoms with Crippen LogP contribution in [0.2, 0.25) is 0 Å². The highest BCUT2D eigenvalue weighted by Gasteiger charge is 2.31. The standard InChI is InChI=1S/C14H20N6/c1-10-8-13(20-14(17-10)15-9-16-20)18-11-4-6-19(7-5-11)12-2-3-12/h8-9,11-12,18H,2-7H2,1H3. The van der Waals surface area contributed by atoms with Crippen molar-refractivity contribution in [2.24, 2.45) is 0 Å². The molecule has 6 nitrogen and oxygen atoms in total. The van der Waals surface area contributed by atoms with Crippen molar-refractivity contribution >= 4 is 11.6 Å². The van der Waals surface area contributed by atoms with Crippen molar-refractivity contribution < 1.29 is 0 Å². The number of nitrogens with zero attached hydrogens (tertiary/aromatic N) is 5. The Morgan fingerprint density at radius 1 is 1.20 bits per heavy atom. The van der Waals surface area contributed by atoms with E-state index < -0.39 is 0 Å². The van der Waals surface area contributed by atoms with E-state index >= 15 is 0 Å². The first-order valence-electron chi connectivity index (χ1n) is 7.47. The van der Waals surface area contributed by atoms with Crippen molar-refractivity contribution in [3.63, 3.8) is 0 Å². The average molecular weight is 272 g/mol. The largest absolute Gasteiger partial charge is 0.367 e. The maximum atomic E-state index is 4.37. The molecule has 0 atom stereocenters. The second-order valence-corrected chi connectivity index (χ2v) is 5.94. The zero-order chi connectivity index (χ0) is 13.5. The molecular formula is C14H20N6. The van der Waals surface area contributed by atoms with E-state index in [2.05, 4.69) is 31.3 Å². The van der Waals surface area contributed by atoms with Crippen molar-refractivity contribution in [1.29, 1.82) is 0 Å². The lowest BCUT2D eigenvalue weighted by Gasteiger charge is -2.32. The molecule has 0 aromatic carbocycles. The number of aromatic nitrogens is 4. The minimum atomic E-state index is 0.527. The number of nitrogens with one attached hydrogen (secondary N) is 1. The van der Waals surface area contributed by atoms with Gasteiger partial charge < -0.3 is 10.2 Å². The Morgan fingerprint density at radius 2 is 2.00 bits per heavy atom. The van der Waals surface area contributed by atoms with Crippen LogP contribution >= 0.6 is 0 Å². The topological polar surface area (TPSA) is 58.4 Å². The molecule has 6 heteroatoms. The summed E-state index contributed by atoms with van der Waals surface area (Å²) < 4.78 is 1.79. The van der Waals surface area contributed by atoms with Crippen LogP contribution in [0.1, 0.15) is 31.4 Å². The average Bonchev–Trinajstić information content (AvgIpc) is 3.18. The molecular weight excluding hydrogens is 252 g/mol. The van der Waals surface area contributed by atoms with Gasteiger partial charge in [0.25, 0.3) is 5.78 Å². The maximum Gasteiger partial charge on any atom is 0.254 e. The molecule has 0 bridgehead atoms. The number of hydrogen-bond acceptors (Lipinski definition) is 5. The van der Waals surface area contributed by atoms with Crippen molar-refractivity contribution in [2.45, 2.75) is 44.7 Å². The second-order valence-electron chi connectivity index (χ2n) is 5.94. The summed E-state index contributed by atoms with van der Waals surface area (Å²) in [6.45, 7) is 4.43. The zero-order valence-corrected chi connectivity index (χ0v) is 11.8. The van der Waals surface area contributed by atoms with Gasteiger partial charge in [-0.15, -0.1) is 0 Å². The Balaban J connectivity index is 1.48. The van der Waals surface area contributed by atoms with Crippen LogP contribution in [0.4, 0.5) is 5.82 Å². The smallest absolute Gasteiger partial charge is 0.254 e. The number of fused-ring (bicyclic) bond motifs is 1. The molecule has 0 unspecified atom stereocenters. The number of hydrogen-bond donors (Lipinski definition) is 1. The van der Waals surface area contributed by atoms with Gasteiger partial charge in [0.15, 0.2) is 0 Å². The summed E-state index contributed by atoms with van der Waals surface area (Å²) in [4.78, 5) is 11.2.